The molecule has 2 rings (SSSR count). The molecule has 2 atom stereocenters. The van der Waals surface area contributed by atoms with E-state index < -0.39 is 0 Å². The average molecular weight is 298 g/mol. The van der Waals surface area contributed by atoms with E-state index in [-0.39, 0.29) is 0 Å². The van der Waals surface area contributed by atoms with E-state index in [1.54, 1.807) is 0 Å². The molecule has 0 saturated carbocycles. The van der Waals surface area contributed by atoms with Crippen LogP contribution in [0, 0.1) is 5.92 Å². The first-order valence-corrected chi connectivity index (χ1v) is 9.43. The molecule has 2 aliphatic rings. The van der Waals surface area contributed by atoms with Gasteiger partial charge in [0.2, 0.25) is 5.91 Å². The van der Waals surface area contributed by atoms with Gasteiger partial charge in [0.25, 0.3) is 0 Å². The predicted octanol–water partition coefficient (Wildman–Crippen LogP) is 2.90. The van der Waals surface area contributed by atoms with Gasteiger partial charge in [0.15, 0.2) is 0 Å². The lowest BCUT2D eigenvalue weighted by Gasteiger charge is -2.37. The van der Waals surface area contributed by atoms with Crippen LogP contribution in [0.3, 0.4) is 0 Å². The lowest BCUT2D eigenvalue weighted by molar-refractivity contribution is -0.135. The number of carbonyl (C=O) groups excluding carboxylic acids is 1. The van der Waals surface area contributed by atoms with E-state index in [1.807, 2.05) is 11.8 Å². The number of hydrogen-bond donors (Lipinski definition) is 1. The van der Waals surface area contributed by atoms with Crippen molar-refractivity contribution in [1.29, 1.82) is 0 Å². The van der Waals surface area contributed by atoms with E-state index in [9.17, 15) is 4.79 Å². The Labute approximate surface area is 128 Å². The maximum atomic E-state index is 12.6. The molecule has 0 radical (unpaired) electrons. The van der Waals surface area contributed by atoms with Crippen LogP contribution in [0.25, 0.3) is 0 Å². The third-order valence-electron chi connectivity index (χ3n) is 4.44. The predicted molar refractivity (Wildman–Crippen MR) is 87.2 cm³/mol. The number of nitrogens with one attached hydrogen (secondary N) is 1. The van der Waals surface area contributed by atoms with Crippen LogP contribution in [0.5, 0.6) is 0 Å². The van der Waals surface area contributed by atoms with Gasteiger partial charge in [-0.25, -0.2) is 0 Å². The highest BCUT2D eigenvalue weighted by Gasteiger charge is 2.28. The van der Waals surface area contributed by atoms with Crippen LogP contribution in [0.1, 0.15) is 52.4 Å². The zero-order valence-corrected chi connectivity index (χ0v) is 13.9. The Balaban J connectivity index is 1.84. The summed E-state index contributed by atoms with van der Waals surface area (Å²) in [4.78, 5) is 14.8. The molecule has 2 saturated heterocycles. The summed E-state index contributed by atoms with van der Waals surface area (Å²) < 4.78 is 0. The molecule has 3 nitrogen and oxygen atoms in total. The van der Waals surface area contributed by atoms with E-state index in [1.165, 1.54) is 37.9 Å². The van der Waals surface area contributed by atoms with Crippen molar-refractivity contribution in [3.05, 3.63) is 0 Å². The molecule has 0 aliphatic carbocycles. The maximum Gasteiger partial charge on any atom is 0.224 e. The van der Waals surface area contributed by atoms with Crippen molar-refractivity contribution in [3.63, 3.8) is 0 Å². The highest BCUT2D eigenvalue weighted by atomic mass is 32.2. The van der Waals surface area contributed by atoms with Crippen LogP contribution in [0.4, 0.5) is 0 Å². The number of piperidine rings is 1. The summed E-state index contributed by atoms with van der Waals surface area (Å²) >= 11 is 1.97. The van der Waals surface area contributed by atoms with Gasteiger partial charge in [-0.2, -0.15) is 11.8 Å². The topological polar surface area (TPSA) is 32.3 Å². The first-order valence-electron chi connectivity index (χ1n) is 8.27. The van der Waals surface area contributed by atoms with E-state index in [4.69, 9.17) is 0 Å². The minimum Gasteiger partial charge on any atom is -0.340 e. The van der Waals surface area contributed by atoms with Crippen molar-refractivity contribution < 1.29 is 4.79 Å². The zero-order valence-electron chi connectivity index (χ0n) is 13.1. The van der Waals surface area contributed by atoms with Crippen molar-refractivity contribution in [2.24, 2.45) is 5.92 Å². The fourth-order valence-electron chi connectivity index (χ4n) is 3.23. The van der Waals surface area contributed by atoms with Crippen molar-refractivity contribution in [1.82, 2.24) is 10.2 Å². The molecule has 116 valence electrons. The molecule has 2 heterocycles. The van der Waals surface area contributed by atoms with Gasteiger partial charge in [0, 0.05) is 43.1 Å². The summed E-state index contributed by atoms with van der Waals surface area (Å²) in [5.74, 6) is 3.41. The molecule has 0 aromatic rings. The summed E-state index contributed by atoms with van der Waals surface area (Å²) in [7, 11) is 0. The van der Waals surface area contributed by atoms with Crippen molar-refractivity contribution in [2.75, 3.05) is 24.6 Å². The van der Waals surface area contributed by atoms with Crippen LogP contribution in [-0.4, -0.2) is 47.5 Å². The number of rotatable bonds is 5. The smallest absolute Gasteiger partial charge is 0.224 e. The lowest BCUT2D eigenvalue weighted by Crippen LogP contribution is -2.47. The quantitative estimate of drug-likeness (QED) is 0.847. The maximum absolute atomic E-state index is 12.6. The first-order chi connectivity index (χ1) is 9.66. The van der Waals surface area contributed by atoms with E-state index in [0.717, 1.165) is 24.8 Å². The van der Waals surface area contributed by atoms with Crippen LogP contribution < -0.4 is 5.32 Å². The fourth-order valence-corrected chi connectivity index (χ4v) is 4.18. The molecule has 4 heteroatoms. The second kappa shape index (κ2) is 8.28. The zero-order chi connectivity index (χ0) is 14.4. The fraction of sp³-hybridized carbons (Fsp3) is 0.938. The Morgan fingerprint density at radius 3 is 2.95 bits per heavy atom. The lowest BCUT2D eigenvalue weighted by atomic mass is 9.94. The van der Waals surface area contributed by atoms with Gasteiger partial charge in [-0.15, -0.1) is 0 Å². The molecule has 2 unspecified atom stereocenters. The van der Waals surface area contributed by atoms with E-state index in [2.05, 4.69) is 24.1 Å². The molecule has 1 amide bonds. The van der Waals surface area contributed by atoms with Crippen molar-refractivity contribution >= 4 is 17.7 Å². The molecule has 2 fully saturated rings. The summed E-state index contributed by atoms with van der Waals surface area (Å²) in [6, 6.07) is 0.906. The molecule has 0 bridgehead atoms. The van der Waals surface area contributed by atoms with Gasteiger partial charge in [-0.1, -0.05) is 13.8 Å². The Morgan fingerprint density at radius 2 is 2.25 bits per heavy atom. The van der Waals surface area contributed by atoms with Crippen LogP contribution >= 0.6 is 11.8 Å². The van der Waals surface area contributed by atoms with Crippen molar-refractivity contribution in [2.45, 2.75) is 64.5 Å². The minimum atomic E-state index is 0.387. The monoisotopic (exact) mass is 298 g/mol. The molecule has 2 aliphatic heterocycles. The number of likely N-dealkylation sites (tertiary alicyclic amines) is 1. The van der Waals surface area contributed by atoms with Gasteiger partial charge in [-0.05, 0) is 38.0 Å². The Morgan fingerprint density at radius 1 is 1.40 bits per heavy atom. The normalized spacial score (nSPS) is 27.9. The Kier molecular flexibility index (Phi) is 6.69. The van der Waals surface area contributed by atoms with Crippen LogP contribution in [0.15, 0.2) is 0 Å². The Hall–Kier alpha value is -0.220. The van der Waals surface area contributed by atoms with Gasteiger partial charge in [0.05, 0.1) is 0 Å². The van der Waals surface area contributed by atoms with Gasteiger partial charge < -0.3 is 10.2 Å². The largest absolute Gasteiger partial charge is 0.340 e. The van der Waals surface area contributed by atoms with Crippen LogP contribution in [0.2, 0.25) is 0 Å². The third kappa shape index (κ3) is 4.96. The Bertz CT molecular complexity index is 303. The van der Waals surface area contributed by atoms with Crippen LogP contribution in [-0.2, 0) is 4.79 Å². The summed E-state index contributed by atoms with van der Waals surface area (Å²) in [5, 5.41) is 3.49. The second-order valence-electron chi connectivity index (χ2n) is 6.64. The van der Waals surface area contributed by atoms with E-state index >= 15 is 0 Å². The van der Waals surface area contributed by atoms with Gasteiger partial charge in [-0.3, -0.25) is 4.79 Å². The standard InChI is InChI=1S/C16H30N2OS/c1-13(2)6-7-15-5-3-4-9-18(15)16(19)11-14-12-20-10-8-17-14/h13-15,17H,3-12H2,1-2H3. The number of hydrogen-bond acceptors (Lipinski definition) is 3. The summed E-state index contributed by atoms with van der Waals surface area (Å²) in [6.07, 6.45) is 6.83. The molecule has 0 aromatic heterocycles. The van der Waals surface area contributed by atoms with Crippen molar-refractivity contribution in [3.8, 4) is 0 Å². The van der Waals surface area contributed by atoms with E-state index in [0.29, 0.717) is 24.4 Å². The highest BCUT2D eigenvalue weighted by Crippen LogP contribution is 2.24. The number of nitrogens with zero attached hydrogens (tertiary/aromatic N) is 1. The molecule has 1 N–H and O–H groups in total. The van der Waals surface area contributed by atoms with Gasteiger partial charge >= 0.3 is 0 Å². The SMILES string of the molecule is CC(C)CCC1CCCCN1C(=O)CC1CSCCN1. The molecular formula is C16H30N2OS. The molecule has 0 spiro atoms. The summed E-state index contributed by atoms with van der Waals surface area (Å²) in [6.45, 7) is 6.59. The first kappa shape index (κ1) is 16.2. The number of thioether (sulfide) groups is 1. The molecule has 20 heavy (non-hydrogen) atoms. The number of amides is 1. The van der Waals surface area contributed by atoms with Gasteiger partial charge in [0.1, 0.15) is 0 Å². The average Bonchev–Trinajstić information content (AvgIpc) is 2.46. The molecular weight excluding hydrogens is 268 g/mol. The second-order valence-corrected chi connectivity index (χ2v) is 7.79. The molecule has 0 aromatic carbocycles. The minimum absolute atomic E-state index is 0.387. The number of carbonyl (C=O) groups is 1. The summed E-state index contributed by atoms with van der Waals surface area (Å²) in [5.41, 5.74) is 0. The highest BCUT2D eigenvalue weighted by molar-refractivity contribution is 7.99. The third-order valence-corrected chi connectivity index (χ3v) is 5.58.